The summed E-state index contributed by atoms with van der Waals surface area (Å²) >= 11 is 2.36. The van der Waals surface area contributed by atoms with Gasteiger partial charge in [0.2, 0.25) is 0 Å². The van der Waals surface area contributed by atoms with Gasteiger partial charge in [0.15, 0.2) is 3.61 Å². The van der Waals surface area contributed by atoms with Gasteiger partial charge in [0.25, 0.3) is 0 Å². The van der Waals surface area contributed by atoms with Gasteiger partial charge in [-0.1, -0.05) is 12.8 Å². The van der Waals surface area contributed by atoms with Crippen molar-refractivity contribution in [2.24, 2.45) is 4.99 Å². The molecule has 0 aromatic heterocycles. The number of alkyl halides is 1. The molecule has 0 aromatic carbocycles. The van der Waals surface area contributed by atoms with Crippen LogP contribution in [0.5, 0.6) is 0 Å². The maximum atomic E-state index is 6.03. The molecule has 0 bridgehead atoms. The Bertz CT molecular complexity index is 233. The highest BCUT2D eigenvalue weighted by Gasteiger charge is 2.30. The zero-order valence-corrected chi connectivity index (χ0v) is 9.74. The maximum absolute atomic E-state index is 6.03. The summed E-state index contributed by atoms with van der Waals surface area (Å²) in [7, 11) is 0. The molecule has 1 aliphatic heterocycles. The highest BCUT2D eigenvalue weighted by Crippen LogP contribution is 2.32. The number of aliphatic imine (C=N–C) groups is 1. The molecule has 1 fully saturated rings. The molecule has 1 unspecified atom stereocenters. The second-order valence-corrected chi connectivity index (χ2v) is 5.49. The lowest BCUT2D eigenvalue weighted by atomic mass is 10.2. The van der Waals surface area contributed by atoms with E-state index in [9.17, 15) is 0 Å². The van der Waals surface area contributed by atoms with E-state index in [1.165, 1.54) is 25.7 Å². The Kier molecular flexibility index (Phi) is 3.03. The van der Waals surface area contributed by atoms with Gasteiger partial charge in [-0.25, -0.2) is 0 Å². The first-order valence-corrected chi connectivity index (χ1v) is 5.91. The van der Waals surface area contributed by atoms with Gasteiger partial charge in [0.05, 0.1) is 12.6 Å². The van der Waals surface area contributed by atoms with Crippen LogP contribution in [0.3, 0.4) is 0 Å². The van der Waals surface area contributed by atoms with Crippen molar-refractivity contribution < 1.29 is 4.74 Å². The van der Waals surface area contributed by atoms with Gasteiger partial charge in [-0.3, -0.25) is 4.99 Å². The average molecular weight is 291 g/mol. The van der Waals surface area contributed by atoms with Crippen LogP contribution in [-0.4, -0.2) is 22.5 Å². The Morgan fingerprint density at radius 3 is 2.77 bits per heavy atom. The van der Waals surface area contributed by atoms with Gasteiger partial charge >= 0.3 is 0 Å². The molecule has 2 rings (SSSR count). The van der Waals surface area contributed by atoms with Gasteiger partial charge in [-0.2, -0.15) is 0 Å². The SMILES string of the molecule is IC1(OC2CCCC2)C=CC=NC1. The topological polar surface area (TPSA) is 21.6 Å². The van der Waals surface area contributed by atoms with Gasteiger partial charge < -0.3 is 4.74 Å². The first-order chi connectivity index (χ1) is 6.29. The quantitative estimate of drug-likeness (QED) is 0.566. The summed E-state index contributed by atoms with van der Waals surface area (Å²) in [4.78, 5) is 4.23. The zero-order valence-electron chi connectivity index (χ0n) is 7.58. The Morgan fingerprint density at radius 2 is 2.15 bits per heavy atom. The molecular formula is C10H14INO. The predicted molar refractivity (Wildman–Crippen MR) is 62.6 cm³/mol. The number of halogens is 1. The van der Waals surface area contributed by atoms with Crippen LogP contribution in [0, 0.1) is 0 Å². The van der Waals surface area contributed by atoms with Gasteiger partial charge in [0, 0.05) is 6.21 Å². The van der Waals surface area contributed by atoms with E-state index in [4.69, 9.17) is 4.74 Å². The van der Waals surface area contributed by atoms with Crippen LogP contribution < -0.4 is 0 Å². The zero-order chi connectivity index (χ0) is 9.15. The molecule has 1 atom stereocenters. The van der Waals surface area contributed by atoms with Crippen LogP contribution in [-0.2, 0) is 4.74 Å². The number of nitrogens with zero attached hydrogens (tertiary/aromatic N) is 1. The lowest BCUT2D eigenvalue weighted by Crippen LogP contribution is -2.31. The van der Waals surface area contributed by atoms with Gasteiger partial charge in [0.1, 0.15) is 0 Å². The number of dihydropyridines is 1. The highest BCUT2D eigenvalue weighted by molar-refractivity contribution is 14.1. The number of hydrogen-bond acceptors (Lipinski definition) is 2. The molecule has 0 radical (unpaired) electrons. The fourth-order valence-corrected chi connectivity index (χ4v) is 2.60. The van der Waals surface area contributed by atoms with Crippen LogP contribution in [0.25, 0.3) is 0 Å². The minimum absolute atomic E-state index is 0.165. The molecule has 13 heavy (non-hydrogen) atoms. The van der Waals surface area contributed by atoms with E-state index in [1.54, 1.807) is 0 Å². The van der Waals surface area contributed by atoms with Crippen LogP contribution in [0.1, 0.15) is 25.7 Å². The third kappa shape index (κ3) is 2.53. The summed E-state index contributed by atoms with van der Waals surface area (Å²) in [6.07, 6.45) is 11.5. The Morgan fingerprint density at radius 1 is 1.38 bits per heavy atom. The maximum Gasteiger partial charge on any atom is 0.157 e. The standard InChI is InChI=1S/C10H14INO/c11-10(6-3-7-12-8-10)13-9-4-1-2-5-9/h3,6-7,9H,1-2,4-5,8H2. The lowest BCUT2D eigenvalue weighted by molar-refractivity contribution is 0.0120. The number of rotatable bonds is 2. The summed E-state index contributed by atoms with van der Waals surface area (Å²) in [5.74, 6) is 0. The molecule has 1 heterocycles. The lowest BCUT2D eigenvalue weighted by Gasteiger charge is -2.27. The smallest absolute Gasteiger partial charge is 0.157 e. The van der Waals surface area contributed by atoms with Gasteiger partial charge in [-0.15, -0.1) is 0 Å². The van der Waals surface area contributed by atoms with Crippen molar-refractivity contribution in [2.45, 2.75) is 35.4 Å². The largest absolute Gasteiger partial charge is 0.356 e. The second kappa shape index (κ2) is 4.09. The third-order valence-corrected chi connectivity index (χ3v) is 3.46. The van der Waals surface area contributed by atoms with Crippen molar-refractivity contribution in [3.05, 3.63) is 12.2 Å². The first-order valence-electron chi connectivity index (χ1n) is 4.83. The molecule has 0 saturated heterocycles. The minimum Gasteiger partial charge on any atom is -0.356 e. The van der Waals surface area contributed by atoms with E-state index in [-0.39, 0.29) is 3.61 Å². The summed E-state index contributed by atoms with van der Waals surface area (Å²) in [6.45, 7) is 0.764. The van der Waals surface area contributed by atoms with E-state index >= 15 is 0 Å². The molecule has 0 spiro atoms. The fraction of sp³-hybridized carbons (Fsp3) is 0.700. The Hall–Kier alpha value is 0.1000. The van der Waals surface area contributed by atoms with Crippen molar-refractivity contribution in [1.82, 2.24) is 0 Å². The van der Waals surface area contributed by atoms with Crippen molar-refractivity contribution in [3.63, 3.8) is 0 Å². The molecule has 1 aliphatic carbocycles. The van der Waals surface area contributed by atoms with Crippen molar-refractivity contribution in [1.29, 1.82) is 0 Å². The number of allylic oxidation sites excluding steroid dienone is 1. The van der Waals surface area contributed by atoms with E-state index in [2.05, 4.69) is 33.7 Å². The molecule has 2 aliphatic rings. The predicted octanol–water partition coefficient (Wildman–Crippen LogP) is 2.72. The Labute approximate surface area is 92.6 Å². The summed E-state index contributed by atoms with van der Waals surface area (Å²) in [5, 5.41) is 0. The summed E-state index contributed by atoms with van der Waals surface area (Å²) in [6, 6.07) is 0. The molecule has 3 heteroatoms. The molecule has 2 nitrogen and oxygen atoms in total. The van der Waals surface area contributed by atoms with E-state index in [0.717, 1.165) is 6.54 Å². The normalized spacial score (nSPS) is 34.2. The van der Waals surface area contributed by atoms with E-state index in [1.807, 2.05) is 12.3 Å². The monoisotopic (exact) mass is 291 g/mol. The van der Waals surface area contributed by atoms with Crippen LogP contribution in [0.15, 0.2) is 17.1 Å². The van der Waals surface area contributed by atoms with Gasteiger partial charge in [-0.05, 0) is 47.6 Å². The summed E-state index contributed by atoms with van der Waals surface area (Å²) in [5.41, 5.74) is 0. The highest BCUT2D eigenvalue weighted by atomic mass is 127. The van der Waals surface area contributed by atoms with E-state index < -0.39 is 0 Å². The summed E-state index contributed by atoms with van der Waals surface area (Å²) < 4.78 is 5.86. The first kappa shape index (κ1) is 9.65. The molecule has 1 saturated carbocycles. The van der Waals surface area contributed by atoms with Crippen molar-refractivity contribution in [3.8, 4) is 0 Å². The van der Waals surface area contributed by atoms with Crippen LogP contribution in [0.2, 0.25) is 0 Å². The molecule has 0 N–H and O–H groups in total. The fourth-order valence-electron chi connectivity index (χ4n) is 1.84. The number of ether oxygens (including phenoxy) is 1. The third-order valence-electron chi connectivity index (χ3n) is 2.51. The molecule has 0 aromatic rings. The van der Waals surface area contributed by atoms with Crippen LogP contribution >= 0.6 is 22.6 Å². The Balaban J connectivity index is 1.92. The molecule has 0 amide bonds. The average Bonchev–Trinajstić information content (AvgIpc) is 2.57. The van der Waals surface area contributed by atoms with Crippen molar-refractivity contribution >= 4 is 28.8 Å². The molecular weight excluding hydrogens is 277 g/mol. The van der Waals surface area contributed by atoms with Crippen LogP contribution in [0.4, 0.5) is 0 Å². The van der Waals surface area contributed by atoms with Crippen molar-refractivity contribution in [2.75, 3.05) is 6.54 Å². The number of hydrogen-bond donors (Lipinski definition) is 0. The van der Waals surface area contributed by atoms with E-state index in [0.29, 0.717) is 6.10 Å². The second-order valence-electron chi connectivity index (χ2n) is 3.66. The molecule has 72 valence electrons. The minimum atomic E-state index is -0.165.